The highest BCUT2D eigenvalue weighted by Crippen LogP contribution is 2.76. The summed E-state index contributed by atoms with van der Waals surface area (Å²) in [5, 5.41) is 23.3. The van der Waals surface area contributed by atoms with E-state index in [-0.39, 0.29) is 35.3 Å². The van der Waals surface area contributed by atoms with E-state index >= 15 is 0 Å². The number of ether oxygens (including phenoxy) is 3. The summed E-state index contributed by atoms with van der Waals surface area (Å²) in [5.74, 6) is 0.108. The Bertz CT molecular complexity index is 899. The van der Waals surface area contributed by atoms with E-state index in [1.807, 2.05) is 0 Å². The second kappa shape index (κ2) is 6.57. The lowest BCUT2D eigenvalue weighted by molar-refractivity contribution is -0.234. The molecule has 6 aliphatic rings. The molecular weight excluding hydrogens is 412 g/mol. The molecule has 0 radical (unpaired) electrons. The first-order chi connectivity index (χ1) is 15.1. The van der Waals surface area contributed by atoms with Crippen LogP contribution in [-0.4, -0.2) is 52.4 Å². The van der Waals surface area contributed by atoms with Crippen LogP contribution in [0.2, 0.25) is 0 Å². The second-order valence-corrected chi connectivity index (χ2v) is 11.6. The number of rotatable bonds is 2. The standard InChI is InChI=1S/C25H34O7/c1-14(26)31-16-5-8-24-19-6-7-22(2)17(15-11-20(27)30-13-15)3-4-18(22)25(19,32-21(24)28)10-9-23(24,29)12-16/h11,16-19,21,28-29H,3-10,12-13H2,1-2H3/t16-,17+,18+,19+,21-,22+,23+,24+,25+/m0/s1. The molecule has 7 nitrogen and oxygen atoms in total. The Morgan fingerprint density at radius 3 is 2.66 bits per heavy atom. The Balaban J connectivity index is 1.35. The minimum absolute atomic E-state index is 0.00797. The Morgan fingerprint density at radius 2 is 1.94 bits per heavy atom. The molecule has 9 atom stereocenters. The first-order valence-corrected chi connectivity index (χ1v) is 12.3. The summed E-state index contributed by atoms with van der Waals surface area (Å²) in [4.78, 5) is 23.3. The summed E-state index contributed by atoms with van der Waals surface area (Å²) in [5.41, 5.74) is -1.13. The SMILES string of the molecule is CC(=O)O[C@H]1CC[C@@]23[C@@H](O)O[C@]4(CC[C@@]2(O)C1)[C@@H]1CC[C@H](C2=CC(=O)OC2)[C@@]1(C)CC[C@@H]43. The van der Waals surface area contributed by atoms with E-state index in [1.54, 1.807) is 6.08 Å². The van der Waals surface area contributed by atoms with Crippen molar-refractivity contribution in [3.05, 3.63) is 11.6 Å². The molecule has 2 bridgehead atoms. The zero-order valence-corrected chi connectivity index (χ0v) is 19.0. The molecule has 4 aliphatic carbocycles. The van der Waals surface area contributed by atoms with Crippen LogP contribution in [0.3, 0.4) is 0 Å². The fourth-order valence-corrected chi connectivity index (χ4v) is 9.50. The van der Waals surface area contributed by atoms with Gasteiger partial charge in [0.15, 0.2) is 6.29 Å². The van der Waals surface area contributed by atoms with E-state index in [0.717, 1.165) is 31.3 Å². The smallest absolute Gasteiger partial charge is 0.331 e. The Hall–Kier alpha value is -1.44. The number of aliphatic hydroxyl groups excluding tert-OH is 1. The number of aliphatic hydroxyl groups is 2. The molecule has 2 heterocycles. The molecule has 7 heteroatoms. The van der Waals surface area contributed by atoms with Crippen molar-refractivity contribution in [1.82, 2.24) is 0 Å². The van der Waals surface area contributed by atoms with Crippen molar-refractivity contribution in [3.63, 3.8) is 0 Å². The van der Waals surface area contributed by atoms with Gasteiger partial charge < -0.3 is 24.4 Å². The average molecular weight is 447 g/mol. The van der Waals surface area contributed by atoms with Crippen molar-refractivity contribution in [1.29, 1.82) is 0 Å². The summed E-state index contributed by atoms with van der Waals surface area (Å²) in [6.07, 6.45) is 7.15. The summed E-state index contributed by atoms with van der Waals surface area (Å²) >= 11 is 0. The zero-order chi connectivity index (χ0) is 22.5. The minimum atomic E-state index is -1.09. The molecule has 0 aromatic rings. The van der Waals surface area contributed by atoms with Gasteiger partial charge in [0.1, 0.15) is 12.7 Å². The average Bonchev–Trinajstić information content (AvgIpc) is 3.34. The fourth-order valence-electron chi connectivity index (χ4n) is 9.50. The number of carbonyl (C=O) groups excluding carboxylic acids is 2. The third-order valence-electron chi connectivity index (χ3n) is 10.6. The van der Waals surface area contributed by atoms with Gasteiger partial charge in [0, 0.05) is 25.3 Å². The lowest BCUT2D eigenvalue weighted by Gasteiger charge is -2.63. The van der Waals surface area contributed by atoms with Crippen molar-refractivity contribution in [2.45, 2.75) is 95.2 Å². The van der Waals surface area contributed by atoms with Crippen molar-refractivity contribution >= 4 is 11.9 Å². The van der Waals surface area contributed by atoms with Gasteiger partial charge in [-0.25, -0.2) is 4.79 Å². The summed E-state index contributed by atoms with van der Waals surface area (Å²) in [6.45, 7) is 4.14. The van der Waals surface area contributed by atoms with Crippen molar-refractivity contribution in [2.24, 2.45) is 28.6 Å². The summed E-state index contributed by atoms with van der Waals surface area (Å²) in [6, 6.07) is 0. The molecule has 5 fully saturated rings. The van der Waals surface area contributed by atoms with Crippen LogP contribution >= 0.6 is 0 Å². The van der Waals surface area contributed by atoms with Crippen LogP contribution in [0.25, 0.3) is 0 Å². The molecule has 176 valence electrons. The van der Waals surface area contributed by atoms with E-state index in [4.69, 9.17) is 14.2 Å². The van der Waals surface area contributed by atoms with Gasteiger partial charge in [-0.05, 0) is 74.2 Å². The molecule has 0 amide bonds. The minimum Gasteiger partial charge on any atom is -0.462 e. The van der Waals surface area contributed by atoms with Crippen LogP contribution in [0.5, 0.6) is 0 Å². The number of fused-ring (bicyclic) bond motifs is 1. The molecule has 1 spiro atoms. The molecule has 2 aliphatic heterocycles. The van der Waals surface area contributed by atoms with E-state index < -0.39 is 22.9 Å². The third-order valence-corrected chi connectivity index (χ3v) is 10.6. The highest BCUT2D eigenvalue weighted by Gasteiger charge is 2.79. The van der Waals surface area contributed by atoms with Crippen LogP contribution in [0.1, 0.15) is 71.6 Å². The maximum Gasteiger partial charge on any atom is 0.331 e. The van der Waals surface area contributed by atoms with Crippen molar-refractivity contribution < 1.29 is 34.0 Å². The molecule has 0 aromatic carbocycles. The first-order valence-electron chi connectivity index (χ1n) is 12.3. The number of carbonyl (C=O) groups is 2. The monoisotopic (exact) mass is 446 g/mol. The van der Waals surface area contributed by atoms with Gasteiger partial charge in [0.05, 0.1) is 16.6 Å². The third kappa shape index (κ3) is 2.43. The summed E-state index contributed by atoms with van der Waals surface area (Å²) < 4.78 is 17.3. The maximum absolute atomic E-state index is 11.9. The molecule has 0 unspecified atom stereocenters. The molecule has 0 aromatic heterocycles. The van der Waals surface area contributed by atoms with Gasteiger partial charge in [-0.1, -0.05) is 6.92 Å². The van der Waals surface area contributed by atoms with Crippen LogP contribution < -0.4 is 0 Å². The quantitative estimate of drug-likeness (QED) is 0.629. The van der Waals surface area contributed by atoms with E-state index in [9.17, 15) is 19.8 Å². The Morgan fingerprint density at radius 1 is 1.12 bits per heavy atom. The molecule has 2 N–H and O–H groups in total. The Kier molecular flexibility index (Phi) is 4.34. The van der Waals surface area contributed by atoms with Gasteiger partial charge in [-0.15, -0.1) is 0 Å². The van der Waals surface area contributed by atoms with Crippen LogP contribution in [0.15, 0.2) is 11.6 Å². The predicted molar refractivity (Wildman–Crippen MR) is 112 cm³/mol. The summed E-state index contributed by atoms with van der Waals surface area (Å²) in [7, 11) is 0. The molecule has 4 saturated carbocycles. The highest BCUT2D eigenvalue weighted by molar-refractivity contribution is 5.85. The van der Waals surface area contributed by atoms with E-state index in [0.29, 0.717) is 44.6 Å². The van der Waals surface area contributed by atoms with Gasteiger partial charge in [0.25, 0.3) is 0 Å². The van der Waals surface area contributed by atoms with Crippen LogP contribution in [-0.2, 0) is 23.8 Å². The van der Waals surface area contributed by atoms with E-state index in [1.165, 1.54) is 6.92 Å². The van der Waals surface area contributed by atoms with Gasteiger partial charge in [-0.3, -0.25) is 4.79 Å². The second-order valence-electron chi connectivity index (χ2n) is 11.6. The lowest BCUT2D eigenvalue weighted by Crippen LogP contribution is -2.67. The molecule has 32 heavy (non-hydrogen) atoms. The molecular formula is C25H34O7. The van der Waals surface area contributed by atoms with Crippen molar-refractivity contribution in [3.8, 4) is 0 Å². The zero-order valence-electron chi connectivity index (χ0n) is 19.0. The number of hydrogen-bond acceptors (Lipinski definition) is 7. The Labute approximate surface area is 188 Å². The van der Waals surface area contributed by atoms with Gasteiger partial charge in [-0.2, -0.15) is 0 Å². The van der Waals surface area contributed by atoms with Gasteiger partial charge >= 0.3 is 11.9 Å². The number of hydrogen-bond donors (Lipinski definition) is 2. The van der Waals surface area contributed by atoms with Crippen LogP contribution in [0.4, 0.5) is 0 Å². The lowest BCUT2D eigenvalue weighted by atomic mass is 9.42. The molecule has 1 saturated heterocycles. The topological polar surface area (TPSA) is 102 Å². The fraction of sp³-hybridized carbons (Fsp3) is 0.840. The first kappa shape index (κ1) is 21.1. The van der Waals surface area contributed by atoms with Crippen molar-refractivity contribution in [2.75, 3.05) is 6.61 Å². The highest BCUT2D eigenvalue weighted by atomic mass is 16.6. The molecule has 6 rings (SSSR count). The maximum atomic E-state index is 11.9. The van der Waals surface area contributed by atoms with Gasteiger partial charge in [0.2, 0.25) is 0 Å². The van der Waals surface area contributed by atoms with Crippen LogP contribution in [0, 0.1) is 28.6 Å². The largest absolute Gasteiger partial charge is 0.462 e. The normalized spacial score (nSPS) is 53.7. The predicted octanol–water partition coefficient (Wildman–Crippen LogP) is 2.63. The number of esters is 2. The van der Waals surface area contributed by atoms with E-state index in [2.05, 4.69) is 6.92 Å². The number of cyclic esters (lactones) is 1.